The third kappa shape index (κ3) is 4.10. The minimum atomic E-state index is 0.185. The molecule has 19 heavy (non-hydrogen) atoms. The maximum Gasteiger partial charge on any atom is 0.219 e. The maximum atomic E-state index is 11.4. The molecule has 106 valence electrons. The van der Waals surface area contributed by atoms with Gasteiger partial charge in [0.2, 0.25) is 5.91 Å². The summed E-state index contributed by atoms with van der Waals surface area (Å²) in [4.78, 5) is 15.7. The van der Waals surface area contributed by atoms with Crippen LogP contribution in [0, 0.1) is 0 Å². The van der Waals surface area contributed by atoms with E-state index in [0.29, 0.717) is 0 Å². The highest BCUT2D eigenvalue weighted by molar-refractivity contribution is 5.73. The lowest BCUT2D eigenvalue weighted by atomic mass is 10.3. The first-order valence-corrected chi connectivity index (χ1v) is 7.24. The van der Waals surface area contributed by atoms with Gasteiger partial charge in [-0.1, -0.05) is 6.92 Å². The van der Waals surface area contributed by atoms with Gasteiger partial charge in [0.05, 0.1) is 6.54 Å². The van der Waals surface area contributed by atoms with Crippen molar-refractivity contribution in [3.8, 4) is 0 Å². The van der Waals surface area contributed by atoms with Crippen molar-refractivity contribution >= 4 is 5.91 Å². The molecular weight excluding hydrogens is 240 g/mol. The van der Waals surface area contributed by atoms with E-state index in [4.69, 9.17) is 4.42 Å². The molecule has 4 nitrogen and oxygen atoms in total. The lowest BCUT2D eigenvalue weighted by Crippen LogP contribution is -2.33. The second-order valence-corrected chi connectivity index (χ2v) is 5.25. The molecule has 1 fully saturated rings. The van der Waals surface area contributed by atoms with Crippen LogP contribution in [0.3, 0.4) is 0 Å². The third-order valence-corrected chi connectivity index (χ3v) is 3.63. The Labute approximate surface area is 115 Å². The molecule has 2 heterocycles. The van der Waals surface area contributed by atoms with E-state index in [1.807, 2.05) is 4.90 Å². The van der Waals surface area contributed by atoms with Crippen molar-refractivity contribution in [2.75, 3.05) is 26.2 Å². The Hall–Kier alpha value is -1.29. The molecule has 2 rings (SSSR count). The minimum Gasteiger partial charge on any atom is -0.465 e. The minimum absolute atomic E-state index is 0.185. The predicted molar refractivity (Wildman–Crippen MR) is 74.9 cm³/mol. The fraction of sp³-hybridized carbons (Fsp3) is 0.667. The predicted octanol–water partition coefficient (Wildman–Crippen LogP) is 2.29. The van der Waals surface area contributed by atoms with Gasteiger partial charge in [-0.15, -0.1) is 0 Å². The van der Waals surface area contributed by atoms with E-state index in [9.17, 15) is 4.79 Å². The summed E-state index contributed by atoms with van der Waals surface area (Å²) in [7, 11) is 0. The molecule has 0 radical (unpaired) electrons. The molecule has 0 saturated carbocycles. The van der Waals surface area contributed by atoms with Gasteiger partial charge in [-0.25, -0.2) is 0 Å². The normalized spacial score (nSPS) is 17.5. The highest BCUT2D eigenvalue weighted by atomic mass is 16.3. The Morgan fingerprint density at radius 3 is 2.74 bits per heavy atom. The van der Waals surface area contributed by atoms with Crippen molar-refractivity contribution in [1.29, 1.82) is 0 Å². The van der Waals surface area contributed by atoms with Crippen LogP contribution in [0.2, 0.25) is 0 Å². The molecule has 0 spiro atoms. The average Bonchev–Trinajstić information content (AvgIpc) is 2.67. The number of rotatable bonds is 4. The number of carbonyl (C=O) groups excluding carboxylic acids is 1. The lowest BCUT2D eigenvalue weighted by molar-refractivity contribution is -0.128. The molecule has 1 aromatic rings. The molecule has 1 amide bonds. The number of hydrogen-bond acceptors (Lipinski definition) is 3. The molecule has 1 aliphatic rings. The highest BCUT2D eigenvalue weighted by Gasteiger charge is 2.17. The van der Waals surface area contributed by atoms with E-state index in [1.54, 1.807) is 6.92 Å². The maximum absolute atomic E-state index is 11.4. The van der Waals surface area contributed by atoms with Gasteiger partial charge in [0.1, 0.15) is 11.5 Å². The molecule has 0 atom stereocenters. The average molecular weight is 264 g/mol. The summed E-state index contributed by atoms with van der Waals surface area (Å²) in [5, 5.41) is 0. The number of amides is 1. The fourth-order valence-corrected chi connectivity index (χ4v) is 2.55. The van der Waals surface area contributed by atoms with Gasteiger partial charge in [0.15, 0.2) is 0 Å². The zero-order valence-corrected chi connectivity index (χ0v) is 12.0. The van der Waals surface area contributed by atoms with Crippen molar-refractivity contribution < 1.29 is 9.21 Å². The number of furan rings is 1. The first kappa shape index (κ1) is 14.1. The summed E-state index contributed by atoms with van der Waals surface area (Å²) in [6.07, 6.45) is 3.17. The quantitative estimate of drug-likeness (QED) is 0.837. The molecule has 0 aliphatic carbocycles. The van der Waals surface area contributed by atoms with E-state index in [0.717, 1.165) is 63.5 Å². The molecule has 1 aromatic heterocycles. The van der Waals surface area contributed by atoms with Gasteiger partial charge in [-0.3, -0.25) is 9.69 Å². The van der Waals surface area contributed by atoms with Gasteiger partial charge >= 0.3 is 0 Å². The second-order valence-electron chi connectivity index (χ2n) is 5.25. The van der Waals surface area contributed by atoms with Crippen LogP contribution in [-0.4, -0.2) is 41.9 Å². The Bertz CT molecular complexity index is 414. The van der Waals surface area contributed by atoms with Gasteiger partial charge < -0.3 is 9.32 Å². The van der Waals surface area contributed by atoms with E-state index in [2.05, 4.69) is 24.0 Å². The van der Waals surface area contributed by atoms with Crippen molar-refractivity contribution in [3.05, 3.63) is 23.7 Å². The van der Waals surface area contributed by atoms with Crippen LogP contribution in [0.1, 0.15) is 38.2 Å². The Morgan fingerprint density at radius 1 is 1.21 bits per heavy atom. The third-order valence-electron chi connectivity index (χ3n) is 3.63. The van der Waals surface area contributed by atoms with Crippen LogP contribution in [-0.2, 0) is 17.8 Å². The molecule has 0 unspecified atom stereocenters. The monoisotopic (exact) mass is 264 g/mol. The van der Waals surface area contributed by atoms with Crippen molar-refractivity contribution in [2.24, 2.45) is 0 Å². The Balaban J connectivity index is 1.86. The first-order chi connectivity index (χ1) is 9.19. The van der Waals surface area contributed by atoms with Gasteiger partial charge in [-0.05, 0) is 25.0 Å². The van der Waals surface area contributed by atoms with Crippen LogP contribution in [0.5, 0.6) is 0 Å². The summed E-state index contributed by atoms with van der Waals surface area (Å²) >= 11 is 0. The summed E-state index contributed by atoms with van der Waals surface area (Å²) in [6, 6.07) is 4.16. The van der Waals surface area contributed by atoms with Crippen molar-refractivity contribution in [1.82, 2.24) is 9.80 Å². The molecule has 0 aromatic carbocycles. The molecule has 1 saturated heterocycles. The van der Waals surface area contributed by atoms with Crippen molar-refractivity contribution in [2.45, 2.75) is 39.7 Å². The zero-order valence-electron chi connectivity index (χ0n) is 12.0. The Morgan fingerprint density at radius 2 is 2.00 bits per heavy atom. The van der Waals surface area contributed by atoms with Gasteiger partial charge in [-0.2, -0.15) is 0 Å². The summed E-state index contributed by atoms with van der Waals surface area (Å²) < 4.78 is 5.82. The SMILES string of the molecule is CCCc1ccc(CN2CCCN(C(C)=O)CC2)o1. The van der Waals surface area contributed by atoms with E-state index < -0.39 is 0 Å². The molecule has 0 bridgehead atoms. The Kier molecular flexibility index (Phi) is 5.02. The summed E-state index contributed by atoms with van der Waals surface area (Å²) in [5.41, 5.74) is 0. The summed E-state index contributed by atoms with van der Waals surface area (Å²) in [6.45, 7) is 8.35. The number of aryl methyl sites for hydroxylation is 1. The largest absolute Gasteiger partial charge is 0.465 e. The van der Waals surface area contributed by atoms with E-state index >= 15 is 0 Å². The zero-order chi connectivity index (χ0) is 13.7. The van der Waals surface area contributed by atoms with Crippen LogP contribution in [0.4, 0.5) is 0 Å². The lowest BCUT2D eigenvalue weighted by Gasteiger charge is -2.20. The second kappa shape index (κ2) is 6.75. The molecule has 4 heteroatoms. The molecular formula is C15H24N2O2. The molecule has 1 aliphatic heterocycles. The number of nitrogens with zero attached hydrogens (tertiary/aromatic N) is 2. The number of carbonyl (C=O) groups is 1. The van der Waals surface area contributed by atoms with Crippen LogP contribution in [0.25, 0.3) is 0 Å². The van der Waals surface area contributed by atoms with E-state index in [1.165, 1.54) is 0 Å². The number of hydrogen-bond donors (Lipinski definition) is 0. The highest BCUT2D eigenvalue weighted by Crippen LogP contribution is 2.14. The first-order valence-electron chi connectivity index (χ1n) is 7.24. The van der Waals surface area contributed by atoms with Crippen LogP contribution >= 0.6 is 0 Å². The van der Waals surface area contributed by atoms with E-state index in [-0.39, 0.29) is 5.91 Å². The smallest absolute Gasteiger partial charge is 0.219 e. The van der Waals surface area contributed by atoms with Gasteiger partial charge in [0, 0.05) is 39.5 Å². The topological polar surface area (TPSA) is 36.7 Å². The van der Waals surface area contributed by atoms with Crippen molar-refractivity contribution in [3.63, 3.8) is 0 Å². The standard InChI is InChI=1S/C15H24N2O2/c1-3-5-14-6-7-15(19-14)12-16-8-4-9-17(11-10-16)13(2)18/h6-7H,3-5,8-12H2,1-2H3. The summed E-state index contributed by atoms with van der Waals surface area (Å²) in [5.74, 6) is 2.31. The van der Waals surface area contributed by atoms with Crippen LogP contribution < -0.4 is 0 Å². The fourth-order valence-electron chi connectivity index (χ4n) is 2.55. The van der Waals surface area contributed by atoms with Gasteiger partial charge in [0.25, 0.3) is 0 Å². The molecule has 0 N–H and O–H groups in total. The van der Waals surface area contributed by atoms with Crippen LogP contribution in [0.15, 0.2) is 16.5 Å².